The number of alkyl carbamates (subject to hydrolysis) is 1. The zero-order valence-corrected chi connectivity index (χ0v) is 25.3. The van der Waals surface area contributed by atoms with E-state index in [4.69, 9.17) is 9.16 Å². The Kier molecular flexibility index (Phi) is 9.04. The minimum absolute atomic E-state index is 0.0696. The van der Waals surface area contributed by atoms with Crippen molar-refractivity contribution in [3.8, 4) is 16.9 Å². The molecule has 0 unspecified atom stereocenters. The molecule has 0 aromatic heterocycles. The number of benzene rings is 3. The summed E-state index contributed by atoms with van der Waals surface area (Å²) in [5.74, 6) is -0.295. The summed E-state index contributed by atoms with van der Waals surface area (Å²) in [6, 6.07) is 23.0. The van der Waals surface area contributed by atoms with E-state index in [2.05, 4.69) is 71.1 Å². The second-order valence-electron chi connectivity index (χ2n) is 11.6. The summed E-state index contributed by atoms with van der Waals surface area (Å²) < 4.78 is 12.4. The molecule has 1 aliphatic carbocycles. The first-order valence-electron chi connectivity index (χ1n) is 14.2. The molecule has 7 heteroatoms. The van der Waals surface area contributed by atoms with Gasteiger partial charge in [0.05, 0.1) is 12.5 Å². The van der Waals surface area contributed by atoms with Gasteiger partial charge >= 0.3 is 12.1 Å². The second-order valence-corrected chi connectivity index (χ2v) is 17.0. The zero-order chi connectivity index (χ0) is 29.0. The molecule has 0 saturated heterocycles. The highest BCUT2D eigenvalue weighted by atomic mass is 28.4. The fraction of sp³-hybridized carbons (Fsp3) is 0.394. The van der Waals surface area contributed by atoms with Crippen LogP contribution in [0.25, 0.3) is 11.1 Å². The molecule has 2 N–H and O–H groups in total. The number of carboxylic acids is 1. The van der Waals surface area contributed by atoms with Crippen molar-refractivity contribution in [2.24, 2.45) is 0 Å². The van der Waals surface area contributed by atoms with Gasteiger partial charge in [-0.25, -0.2) is 4.79 Å². The molecule has 0 spiro atoms. The highest BCUT2D eigenvalue weighted by Gasteiger charge is 2.47. The first-order valence-corrected chi connectivity index (χ1v) is 16.3. The quantitative estimate of drug-likeness (QED) is 0.231. The highest BCUT2D eigenvalue weighted by molar-refractivity contribution is 6.78. The minimum Gasteiger partial charge on any atom is -0.543 e. The molecule has 3 aromatic carbocycles. The molecule has 0 bridgehead atoms. The monoisotopic (exact) mass is 559 g/mol. The van der Waals surface area contributed by atoms with Crippen LogP contribution in [0.5, 0.6) is 5.75 Å². The maximum absolute atomic E-state index is 12.9. The third-order valence-corrected chi connectivity index (χ3v) is 14.3. The van der Waals surface area contributed by atoms with Gasteiger partial charge in [0.25, 0.3) is 8.32 Å². The van der Waals surface area contributed by atoms with E-state index in [1.165, 1.54) is 0 Å². The van der Waals surface area contributed by atoms with Gasteiger partial charge in [-0.15, -0.1) is 0 Å². The number of nitrogens with one attached hydrogen (secondary N) is 1. The zero-order valence-electron chi connectivity index (χ0n) is 24.3. The van der Waals surface area contributed by atoms with Gasteiger partial charge in [0.15, 0.2) is 0 Å². The maximum Gasteiger partial charge on any atom is 0.407 e. The van der Waals surface area contributed by atoms with Crippen molar-refractivity contribution in [3.05, 3.63) is 89.5 Å². The Hall–Kier alpha value is -3.58. The molecule has 0 fully saturated rings. The van der Waals surface area contributed by atoms with Crippen molar-refractivity contribution in [1.82, 2.24) is 5.32 Å². The van der Waals surface area contributed by atoms with Crippen LogP contribution in [0.1, 0.15) is 76.6 Å². The van der Waals surface area contributed by atoms with Gasteiger partial charge in [-0.1, -0.05) is 102 Å². The average molecular weight is 560 g/mol. The molecule has 40 heavy (non-hydrogen) atoms. The van der Waals surface area contributed by atoms with Gasteiger partial charge < -0.3 is 19.6 Å². The van der Waals surface area contributed by atoms with Crippen LogP contribution < -0.4 is 9.74 Å². The molecule has 0 aliphatic heterocycles. The normalized spacial score (nSPS) is 13.7. The molecule has 0 radical (unpaired) electrons. The lowest BCUT2D eigenvalue weighted by molar-refractivity contribution is -0.137. The van der Waals surface area contributed by atoms with Crippen LogP contribution in [-0.2, 0) is 9.53 Å². The molecule has 0 saturated carbocycles. The van der Waals surface area contributed by atoms with E-state index in [0.29, 0.717) is 22.2 Å². The van der Waals surface area contributed by atoms with E-state index < -0.39 is 26.4 Å². The first kappa shape index (κ1) is 29.4. The number of hydrogen-bond donors (Lipinski definition) is 2. The lowest BCUT2D eigenvalue weighted by Gasteiger charge is -2.42. The second kappa shape index (κ2) is 12.3. The van der Waals surface area contributed by atoms with Gasteiger partial charge in [0, 0.05) is 5.92 Å². The van der Waals surface area contributed by atoms with Gasteiger partial charge in [-0.2, -0.15) is 0 Å². The number of carboxylic acid groups (broad SMARTS) is 1. The van der Waals surface area contributed by atoms with Crippen LogP contribution in [-0.4, -0.2) is 32.1 Å². The van der Waals surface area contributed by atoms with Crippen molar-refractivity contribution in [1.29, 1.82) is 0 Å². The standard InChI is InChI=1S/C33H41NO5Si/c1-21(2)40(22(3)4,23(5)6)39-25-17-15-24(16-18-25)31(19-32(35)36)34-33(37)38-20-30-28-13-9-7-11-26(28)27-12-8-10-14-29(27)30/h7-18,21-23,30-31H,19-20H2,1-6H3,(H,34,37)(H,35,36)/t31-/m1/s1. The van der Waals surface area contributed by atoms with Crippen LogP contribution in [0.3, 0.4) is 0 Å². The van der Waals surface area contributed by atoms with Crippen LogP contribution in [0.2, 0.25) is 16.6 Å². The SMILES string of the molecule is CC(C)[Si](Oc1ccc([C@@H](CC(=O)O)NC(=O)OCC2c3ccccc3-c3ccccc32)cc1)(C(C)C)C(C)C. The lowest BCUT2D eigenvalue weighted by atomic mass is 9.98. The Morgan fingerprint density at radius 2 is 1.30 bits per heavy atom. The molecule has 1 atom stereocenters. The number of carbonyl (C=O) groups is 2. The number of hydrogen-bond acceptors (Lipinski definition) is 4. The smallest absolute Gasteiger partial charge is 0.407 e. The largest absolute Gasteiger partial charge is 0.543 e. The Morgan fingerprint density at radius 3 is 1.77 bits per heavy atom. The lowest BCUT2D eigenvalue weighted by Crippen LogP contribution is -2.50. The number of rotatable bonds is 11. The fourth-order valence-electron chi connectivity index (χ4n) is 6.54. The number of carbonyl (C=O) groups excluding carboxylic acids is 1. The predicted molar refractivity (Wildman–Crippen MR) is 161 cm³/mol. The van der Waals surface area contributed by atoms with Gasteiger partial charge in [-0.3, -0.25) is 4.79 Å². The summed E-state index contributed by atoms with van der Waals surface area (Å²) >= 11 is 0. The third-order valence-electron chi connectivity index (χ3n) is 8.30. The molecule has 6 nitrogen and oxygen atoms in total. The van der Waals surface area contributed by atoms with Crippen molar-refractivity contribution in [2.75, 3.05) is 6.61 Å². The van der Waals surface area contributed by atoms with Crippen molar-refractivity contribution < 1.29 is 23.9 Å². The van der Waals surface area contributed by atoms with E-state index in [1.807, 2.05) is 48.5 Å². The predicted octanol–water partition coefficient (Wildman–Crippen LogP) is 8.30. The summed E-state index contributed by atoms with van der Waals surface area (Å²) in [5.41, 5.74) is 6.53. The average Bonchev–Trinajstić information content (AvgIpc) is 3.23. The van der Waals surface area contributed by atoms with Crippen molar-refractivity contribution >= 4 is 20.4 Å². The van der Waals surface area contributed by atoms with Crippen LogP contribution >= 0.6 is 0 Å². The minimum atomic E-state index is -2.12. The fourth-order valence-corrected chi connectivity index (χ4v) is 11.8. The van der Waals surface area contributed by atoms with Gasteiger partial charge in [-0.05, 0) is 56.6 Å². The molecule has 4 rings (SSSR count). The molecular formula is C33H41NO5Si. The summed E-state index contributed by atoms with van der Waals surface area (Å²) in [7, 11) is -2.12. The number of amides is 1. The third kappa shape index (κ3) is 5.94. The molecule has 212 valence electrons. The Balaban J connectivity index is 1.47. The van der Waals surface area contributed by atoms with Crippen molar-refractivity contribution in [2.45, 2.75) is 76.5 Å². The van der Waals surface area contributed by atoms with E-state index in [9.17, 15) is 14.7 Å². The highest BCUT2D eigenvalue weighted by Crippen LogP contribution is 2.45. The Bertz CT molecular complexity index is 1270. The Morgan fingerprint density at radius 1 is 0.800 bits per heavy atom. The van der Waals surface area contributed by atoms with Crippen LogP contribution in [0.15, 0.2) is 72.8 Å². The first-order chi connectivity index (χ1) is 19.0. The summed E-state index contributed by atoms with van der Waals surface area (Å²) in [6.07, 6.45) is -0.896. The van der Waals surface area contributed by atoms with E-state index in [1.54, 1.807) is 0 Å². The van der Waals surface area contributed by atoms with Crippen molar-refractivity contribution in [3.63, 3.8) is 0 Å². The van der Waals surface area contributed by atoms with E-state index >= 15 is 0 Å². The van der Waals surface area contributed by atoms with E-state index in [-0.39, 0.29) is 18.9 Å². The number of aliphatic carboxylic acids is 1. The number of ether oxygens (including phenoxy) is 1. The summed E-state index contributed by atoms with van der Waals surface area (Å²) in [5, 5.41) is 12.3. The maximum atomic E-state index is 12.9. The van der Waals surface area contributed by atoms with Gasteiger partial charge in [0.2, 0.25) is 0 Å². The molecule has 3 aromatic rings. The molecule has 1 aliphatic rings. The van der Waals surface area contributed by atoms with Gasteiger partial charge in [0.1, 0.15) is 12.4 Å². The summed E-state index contributed by atoms with van der Waals surface area (Å²) in [4.78, 5) is 24.6. The summed E-state index contributed by atoms with van der Waals surface area (Å²) in [6.45, 7) is 13.6. The topological polar surface area (TPSA) is 84.9 Å². The van der Waals surface area contributed by atoms with Crippen LogP contribution in [0.4, 0.5) is 4.79 Å². The molecule has 0 heterocycles. The Labute approximate surface area is 238 Å². The van der Waals surface area contributed by atoms with E-state index in [0.717, 1.165) is 28.0 Å². The molecule has 1 amide bonds. The molecular weight excluding hydrogens is 518 g/mol. The van der Waals surface area contributed by atoms with Crippen LogP contribution in [0, 0.1) is 0 Å². The number of fused-ring (bicyclic) bond motifs is 3.